The molecular weight excluding hydrogens is 224 g/mol. The zero-order valence-electron chi connectivity index (χ0n) is 12.1. The Bertz CT molecular complexity index is 346. The third-order valence-electron chi connectivity index (χ3n) is 3.37. The van der Waals surface area contributed by atoms with Crippen LogP contribution in [0, 0.1) is 11.8 Å². The molecular formula is C15H26N2O. The van der Waals surface area contributed by atoms with Crippen LogP contribution in [-0.4, -0.2) is 6.10 Å². The van der Waals surface area contributed by atoms with Gasteiger partial charge in [-0.3, -0.25) is 11.3 Å². The van der Waals surface area contributed by atoms with E-state index in [1.165, 1.54) is 5.56 Å². The molecule has 3 heteroatoms. The molecule has 0 aliphatic heterocycles. The summed E-state index contributed by atoms with van der Waals surface area (Å²) in [5, 5.41) is 0. The van der Waals surface area contributed by atoms with E-state index in [9.17, 15) is 0 Å². The van der Waals surface area contributed by atoms with Crippen LogP contribution in [0.4, 0.5) is 0 Å². The van der Waals surface area contributed by atoms with Gasteiger partial charge in [-0.1, -0.05) is 32.9 Å². The molecule has 0 spiro atoms. The average Bonchev–Trinajstić information content (AvgIpc) is 2.31. The van der Waals surface area contributed by atoms with Gasteiger partial charge in [-0.25, -0.2) is 0 Å². The Morgan fingerprint density at radius 2 is 1.56 bits per heavy atom. The summed E-state index contributed by atoms with van der Waals surface area (Å²) >= 11 is 0. The Morgan fingerprint density at radius 1 is 1.00 bits per heavy atom. The second-order valence-corrected chi connectivity index (χ2v) is 5.48. The Labute approximate surface area is 111 Å². The predicted octanol–water partition coefficient (Wildman–Crippen LogP) is 3.27. The van der Waals surface area contributed by atoms with Gasteiger partial charge in [-0.15, -0.1) is 0 Å². The topological polar surface area (TPSA) is 47.3 Å². The molecule has 18 heavy (non-hydrogen) atoms. The fourth-order valence-electron chi connectivity index (χ4n) is 1.96. The first-order valence-electron chi connectivity index (χ1n) is 6.68. The second-order valence-electron chi connectivity index (χ2n) is 5.48. The molecule has 1 aromatic rings. The van der Waals surface area contributed by atoms with Crippen molar-refractivity contribution in [3.63, 3.8) is 0 Å². The summed E-state index contributed by atoms with van der Waals surface area (Å²) in [6.07, 6.45) is 0.203. The molecule has 0 radical (unpaired) electrons. The second kappa shape index (κ2) is 6.76. The Balaban J connectivity index is 2.81. The highest BCUT2D eigenvalue weighted by Gasteiger charge is 2.20. The van der Waals surface area contributed by atoms with E-state index in [1.807, 2.05) is 26.0 Å². The van der Waals surface area contributed by atoms with Crippen molar-refractivity contribution in [2.24, 2.45) is 17.7 Å². The first kappa shape index (κ1) is 15.0. The molecule has 0 aliphatic carbocycles. The van der Waals surface area contributed by atoms with E-state index in [0.29, 0.717) is 11.8 Å². The van der Waals surface area contributed by atoms with Crippen LogP contribution in [0.3, 0.4) is 0 Å². The van der Waals surface area contributed by atoms with Crippen LogP contribution in [0.15, 0.2) is 24.3 Å². The SMILES string of the molecule is CC(C)Oc1ccc(C(NN)C(C)C(C)C)cc1. The average molecular weight is 250 g/mol. The van der Waals surface area contributed by atoms with Crippen molar-refractivity contribution in [2.45, 2.75) is 46.8 Å². The standard InChI is InChI=1S/C15H26N2O/c1-10(2)12(5)15(17-16)13-6-8-14(9-7-13)18-11(3)4/h6-12,15,17H,16H2,1-5H3. The molecule has 0 fully saturated rings. The largest absolute Gasteiger partial charge is 0.491 e. The van der Waals surface area contributed by atoms with E-state index < -0.39 is 0 Å². The number of hydrogen-bond acceptors (Lipinski definition) is 3. The predicted molar refractivity (Wildman–Crippen MR) is 76.3 cm³/mol. The lowest BCUT2D eigenvalue weighted by atomic mass is 9.86. The van der Waals surface area contributed by atoms with Crippen LogP contribution in [-0.2, 0) is 0 Å². The number of nitrogens with two attached hydrogens (primary N) is 1. The molecule has 2 unspecified atom stereocenters. The first-order chi connectivity index (χ1) is 8.45. The molecule has 3 N–H and O–H groups in total. The van der Waals surface area contributed by atoms with E-state index in [1.54, 1.807) is 0 Å². The van der Waals surface area contributed by atoms with Crippen molar-refractivity contribution in [1.29, 1.82) is 0 Å². The highest BCUT2D eigenvalue weighted by Crippen LogP contribution is 2.28. The van der Waals surface area contributed by atoms with E-state index in [-0.39, 0.29) is 12.1 Å². The van der Waals surface area contributed by atoms with E-state index >= 15 is 0 Å². The van der Waals surface area contributed by atoms with Crippen LogP contribution in [0.25, 0.3) is 0 Å². The van der Waals surface area contributed by atoms with Crippen LogP contribution in [0.5, 0.6) is 5.75 Å². The lowest BCUT2D eigenvalue weighted by Gasteiger charge is -2.27. The fraction of sp³-hybridized carbons (Fsp3) is 0.600. The van der Waals surface area contributed by atoms with Gasteiger partial charge < -0.3 is 4.74 Å². The van der Waals surface area contributed by atoms with Gasteiger partial charge in [0.2, 0.25) is 0 Å². The van der Waals surface area contributed by atoms with Crippen molar-refractivity contribution in [3.05, 3.63) is 29.8 Å². The molecule has 0 aromatic heterocycles. The number of hydrazine groups is 1. The molecule has 0 amide bonds. The van der Waals surface area contributed by atoms with Gasteiger partial charge in [0, 0.05) is 6.04 Å². The number of hydrogen-bond donors (Lipinski definition) is 2. The molecule has 1 rings (SSSR count). The highest BCUT2D eigenvalue weighted by molar-refractivity contribution is 5.29. The van der Waals surface area contributed by atoms with Crippen LogP contribution < -0.4 is 16.0 Å². The summed E-state index contributed by atoms with van der Waals surface area (Å²) in [6.45, 7) is 10.7. The minimum absolute atomic E-state index is 0.179. The van der Waals surface area contributed by atoms with Gasteiger partial charge in [0.1, 0.15) is 5.75 Å². The van der Waals surface area contributed by atoms with Gasteiger partial charge >= 0.3 is 0 Å². The quantitative estimate of drug-likeness (QED) is 0.601. The van der Waals surface area contributed by atoms with Crippen molar-refractivity contribution >= 4 is 0 Å². The monoisotopic (exact) mass is 250 g/mol. The number of benzene rings is 1. The Hall–Kier alpha value is -1.06. The van der Waals surface area contributed by atoms with E-state index in [2.05, 4.69) is 38.3 Å². The molecule has 0 saturated heterocycles. The van der Waals surface area contributed by atoms with Gasteiger partial charge in [0.15, 0.2) is 0 Å². The summed E-state index contributed by atoms with van der Waals surface area (Å²) in [4.78, 5) is 0. The lowest BCUT2D eigenvalue weighted by molar-refractivity contribution is 0.242. The lowest BCUT2D eigenvalue weighted by Crippen LogP contribution is -2.34. The van der Waals surface area contributed by atoms with Gasteiger partial charge in [0.25, 0.3) is 0 Å². The number of ether oxygens (including phenoxy) is 1. The number of nitrogens with one attached hydrogen (secondary N) is 1. The third-order valence-corrected chi connectivity index (χ3v) is 3.37. The van der Waals surface area contributed by atoms with E-state index in [0.717, 1.165) is 5.75 Å². The summed E-state index contributed by atoms with van der Waals surface area (Å²) in [5.74, 6) is 7.65. The minimum Gasteiger partial charge on any atom is -0.491 e. The van der Waals surface area contributed by atoms with Gasteiger partial charge in [0.05, 0.1) is 6.10 Å². The van der Waals surface area contributed by atoms with Crippen molar-refractivity contribution in [3.8, 4) is 5.75 Å². The maximum atomic E-state index is 5.68. The van der Waals surface area contributed by atoms with Crippen molar-refractivity contribution in [1.82, 2.24) is 5.43 Å². The maximum absolute atomic E-state index is 5.68. The molecule has 0 saturated carbocycles. The van der Waals surface area contributed by atoms with Crippen LogP contribution >= 0.6 is 0 Å². The zero-order valence-corrected chi connectivity index (χ0v) is 12.1. The molecule has 2 atom stereocenters. The molecule has 0 aliphatic rings. The summed E-state index contributed by atoms with van der Waals surface area (Å²) < 4.78 is 5.64. The summed E-state index contributed by atoms with van der Waals surface area (Å²) in [6, 6.07) is 8.36. The summed E-state index contributed by atoms with van der Waals surface area (Å²) in [5.41, 5.74) is 4.12. The van der Waals surface area contributed by atoms with Crippen LogP contribution in [0.1, 0.15) is 46.2 Å². The normalized spacial score (nSPS) is 14.9. The van der Waals surface area contributed by atoms with Crippen molar-refractivity contribution < 1.29 is 4.74 Å². The molecule has 0 heterocycles. The van der Waals surface area contributed by atoms with Crippen LogP contribution in [0.2, 0.25) is 0 Å². The highest BCUT2D eigenvalue weighted by atomic mass is 16.5. The number of rotatable bonds is 6. The van der Waals surface area contributed by atoms with Crippen molar-refractivity contribution in [2.75, 3.05) is 0 Å². The fourth-order valence-corrected chi connectivity index (χ4v) is 1.96. The minimum atomic E-state index is 0.179. The van der Waals surface area contributed by atoms with Gasteiger partial charge in [-0.2, -0.15) is 0 Å². The molecule has 102 valence electrons. The zero-order chi connectivity index (χ0) is 13.7. The Morgan fingerprint density at radius 3 is 1.94 bits per heavy atom. The first-order valence-corrected chi connectivity index (χ1v) is 6.68. The maximum Gasteiger partial charge on any atom is 0.119 e. The van der Waals surface area contributed by atoms with E-state index in [4.69, 9.17) is 10.6 Å². The molecule has 3 nitrogen and oxygen atoms in total. The Kier molecular flexibility index (Phi) is 5.63. The third kappa shape index (κ3) is 4.00. The van der Waals surface area contributed by atoms with Gasteiger partial charge in [-0.05, 0) is 43.4 Å². The smallest absolute Gasteiger partial charge is 0.119 e. The molecule has 0 bridgehead atoms. The summed E-state index contributed by atoms with van der Waals surface area (Å²) in [7, 11) is 0. The molecule has 1 aromatic carbocycles.